The monoisotopic (exact) mass is 392 g/mol. The smallest absolute Gasteiger partial charge is 0.0417 e. The third-order valence-electron chi connectivity index (χ3n) is 4.19. The Morgan fingerprint density at radius 1 is 0.583 bits per heavy atom. The number of halogens is 2. The summed E-state index contributed by atoms with van der Waals surface area (Å²) >= 11 is 9.80. The van der Waals surface area contributed by atoms with E-state index in [1.807, 2.05) is 18.2 Å². The number of rotatable bonds is 2. The van der Waals surface area contributed by atoms with Crippen LogP contribution < -0.4 is 0 Å². The Morgan fingerprint density at radius 3 is 1.88 bits per heavy atom. The molecule has 0 saturated heterocycles. The Morgan fingerprint density at radius 2 is 1.21 bits per heavy atom. The van der Waals surface area contributed by atoms with Gasteiger partial charge in [-0.05, 0) is 57.3 Å². The van der Waals surface area contributed by atoms with E-state index < -0.39 is 0 Å². The molecule has 2 heteroatoms. The van der Waals surface area contributed by atoms with E-state index in [-0.39, 0.29) is 0 Å². The average Bonchev–Trinajstić information content (AvgIpc) is 2.61. The minimum atomic E-state index is 0.729. The van der Waals surface area contributed by atoms with Crippen molar-refractivity contribution in [2.24, 2.45) is 0 Å². The zero-order valence-electron chi connectivity index (χ0n) is 12.8. The van der Waals surface area contributed by atoms with Gasteiger partial charge in [0, 0.05) is 9.50 Å². The predicted molar refractivity (Wildman–Crippen MR) is 108 cm³/mol. The molecule has 116 valence electrons. The van der Waals surface area contributed by atoms with Crippen molar-refractivity contribution in [1.29, 1.82) is 0 Å². The topological polar surface area (TPSA) is 0 Å². The fraction of sp³-hybridized carbons (Fsp3) is 0. The Kier molecular flexibility index (Phi) is 4.13. The second-order valence-electron chi connectivity index (χ2n) is 5.74. The summed E-state index contributed by atoms with van der Waals surface area (Å²) in [6.07, 6.45) is 0. The average molecular weight is 394 g/mol. The van der Waals surface area contributed by atoms with Gasteiger partial charge in [0.25, 0.3) is 0 Å². The maximum Gasteiger partial charge on any atom is 0.0417 e. The molecule has 0 bridgehead atoms. The first-order valence-electron chi connectivity index (χ1n) is 7.76. The van der Waals surface area contributed by atoms with Gasteiger partial charge in [-0.15, -0.1) is 0 Å². The van der Waals surface area contributed by atoms with Crippen LogP contribution in [-0.2, 0) is 0 Å². The predicted octanol–water partition coefficient (Wildman–Crippen LogP) is 7.59. The minimum absolute atomic E-state index is 0.729. The van der Waals surface area contributed by atoms with E-state index in [0.29, 0.717) is 0 Å². The lowest BCUT2D eigenvalue weighted by atomic mass is 9.91. The Bertz CT molecular complexity index is 1020. The Hall–Kier alpha value is -2.09. The van der Waals surface area contributed by atoms with Crippen LogP contribution in [0.1, 0.15) is 0 Å². The fourth-order valence-corrected chi connectivity index (χ4v) is 3.92. The van der Waals surface area contributed by atoms with Gasteiger partial charge in [-0.25, -0.2) is 0 Å². The molecule has 0 spiro atoms. The number of hydrogen-bond donors (Lipinski definition) is 0. The third kappa shape index (κ3) is 2.86. The fourth-order valence-electron chi connectivity index (χ4n) is 3.03. The highest BCUT2D eigenvalue weighted by Gasteiger charge is 2.12. The molecule has 0 aliphatic carbocycles. The molecular weight excluding hydrogens is 380 g/mol. The van der Waals surface area contributed by atoms with E-state index in [1.165, 1.54) is 27.5 Å². The SMILES string of the molecule is Clc1ccc(-c2cc3ccccc3cc2-c2ccccc2)c(Br)c1. The van der Waals surface area contributed by atoms with Crippen LogP contribution in [0.3, 0.4) is 0 Å². The van der Waals surface area contributed by atoms with Crippen molar-refractivity contribution in [3.63, 3.8) is 0 Å². The summed E-state index contributed by atoms with van der Waals surface area (Å²) in [5, 5.41) is 3.20. The summed E-state index contributed by atoms with van der Waals surface area (Å²) in [4.78, 5) is 0. The van der Waals surface area contributed by atoms with E-state index >= 15 is 0 Å². The zero-order valence-corrected chi connectivity index (χ0v) is 15.2. The van der Waals surface area contributed by atoms with Crippen LogP contribution in [0.2, 0.25) is 5.02 Å². The van der Waals surface area contributed by atoms with E-state index in [2.05, 4.69) is 82.7 Å². The normalized spacial score (nSPS) is 10.9. The van der Waals surface area contributed by atoms with Gasteiger partial charge < -0.3 is 0 Å². The molecule has 0 aliphatic heterocycles. The molecule has 24 heavy (non-hydrogen) atoms. The molecule has 0 nitrogen and oxygen atoms in total. The molecule has 0 aromatic heterocycles. The van der Waals surface area contributed by atoms with Crippen LogP contribution in [0, 0.1) is 0 Å². The molecule has 0 fully saturated rings. The molecule has 0 saturated carbocycles. The second-order valence-corrected chi connectivity index (χ2v) is 7.03. The van der Waals surface area contributed by atoms with Gasteiger partial charge in [0.15, 0.2) is 0 Å². The van der Waals surface area contributed by atoms with Gasteiger partial charge in [0.2, 0.25) is 0 Å². The van der Waals surface area contributed by atoms with Gasteiger partial charge in [-0.3, -0.25) is 0 Å². The van der Waals surface area contributed by atoms with Crippen molar-refractivity contribution < 1.29 is 0 Å². The maximum absolute atomic E-state index is 6.13. The first kappa shape index (κ1) is 15.4. The van der Waals surface area contributed by atoms with E-state index in [1.54, 1.807) is 0 Å². The highest BCUT2D eigenvalue weighted by molar-refractivity contribution is 9.10. The van der Waals surface area contributed by atoms with Crippen molar-refractivity contribution in [2.45, 2.75) is 0 Å². The summed E-state index contributed by atoms with van der Waals surface area (Å²) < 4.78 is 1.00. The van der Waals surface area contributed by atoms with Gasteiger partial charge in [0.05, 0.1) is 0 Å². The van der Waals surface area contributed by atoms with Gasteiger partial charge in [-0.1, -0.05) is 88.2 Å². The molecule has 0 radical (unpaired) electrons. The summed E-state index contributed by atoms with van der Waals surface area (Å²) in [6, 6.07) is 29.4. The number of benzene rings is 4. The van der Waals surface area contributed by atoms with Gasteiger partial charge in [0.1, 0.15) is 0 Å². The van der Waals surface area contributed by atoms with E-state index in [0.717, 1.165) is 15.1 Å². The molecule has 0 atom stereocenters. The first-order chi connectivity index (χ1) is 11.7. The molecule has 4 aromatic carbocycles. The highest BCUT2D eigenvalue weighted by atomic mass is 79.9. The summed E-state index contributed by atoms with van der Waals surface area (Å²) in [5.41, 5.74) is 4.77. The standard InChI is InChI=1S/C22H14BrCl/c23-22-14-18(24)10-11-19(22)21-13-17-9-5-4-8-16(17)12-20(21)15-6-2-1-3-7-15/h1-14H. The lowest BCUT2D eigenvalue weighted by molar-refractivity contribution is 1.58. The van der Waals surface area contributed by atoms with Crippen molar-refractivity contribution >= 4 is 38.3 Å². The maximum atomic E-state index is 6.13. The molecule has 0 aliphatic rings. The lowest BCUT2D eigenvalue weighted by Gasteiger charge is -2.14. The van der Waals surface area contributed by atoms with Crippen LogP contribution in [0.5, 0.6) is 0 Å². The van der Waals surface area contributed by atoms with Crippen LogP contribution in [0.15, 0.2) is 89.4 Å². The Labute approximate surface area is 154 Å². The largest absolute Gasteiger partial charge is 0.0843 e. The van der Waals surface area contributed by atoms with Crippen molar-refractivity contribution in [3.05, 3.63) is 94.4 Å². The zero-order chi connectivity index (χ0) is 16.5. The van der Waals surface area contributed by atoms with Crippen molar-refractivity contribution in [1.82, 2.24) is 0 Å². The summed E-state index contributed by atoms with van der Waals surface area (Å²) in [7, 11) is 0. The Balaban J connectivity index is 2.05. The van der Waals surface area contributed by atoms with E-state index in [4.69, 9.17) is 11.6 Å². The highest BCUT2D eigenvalue weighted by Crippen LogP contribution is 2.39. The molecular formula is C22H14BrCl. The van der Waals surface area contributed by atoms with Gasteiger partial charge in [-0.2, -0.15) is 0 Å². The third-order valence-corrected chi connectivity index (χ3v) is 5.08. The second kappa shape index (κ2) is 6.43. The minimum Gasteiger partial charge on any atom is -0.0843 e. The lowest BCUT2D eigenvalue weighted by Crippen LogP contribution is -1.88. The van der Waals surface area contributed by atoms with Crippen molar-refractivity contribution in [3.8, 4) is 22.3 Å². The van der Waals surface area contributed by atoms with Crippen LogP contribution in [-0.4, -0.2) is 0 Å². The molecule has 0 N–H and O–H groups in total. The molecule has 0 unspecified atom stereocenters. The van der Waals surface area contributed by atoms with Crippen LogP contribution >= 0.6 is 27.5 Å². The van der Waals surface area contributed by atoms with E-state index in [9.17, 15) is 0 Å². The first-order valence-corrected chi connectivity index (χ1v) is 8.93. The quantitative estimate of drug-likeness (QED) is 0.329. The summed E-state index contributed by atoms with van der Waals surface area (Å²) in [6.45, 7) is 0. The number of fused-ring (bicyclic) bond motifs is 1. The molecule has 4 rings (SSSR count). The number of hydrogen-bond acceptors (Lipinski definition) is 0. The molecule has 0 amide bonds. The molecule has 4 aromatic rings. The van der Waals surface area contributed by atoms with Crippen LogP contribution in [0.4, 0.5) is 0 Å². The van der Waals surface area contributed by atoms with Crippen LogP contribution in [0.25, 0.3) is 33.0 Å². The van der Waals surface area contributed by atoms with Gasteiger partial charge >= 0.3 is 0 Å². The summed E-state index contributed by atoms with van der Waals surface area (Å²) in [5.74, 6) is 0. The van der Waals surface area contributed by atoms with Crippen molar-refractivity contribution in [2.75, 3.05) is 0 Å². The molecule has 0 heterocycles.